The molecule has 0 bridgehead atoms. The summed E-state index contributed by atoms with van der Waals surface area (Å²) in [6, 6.07) is 5.53. The molecule has 0 aromatic heterocycles. The van der Waals surface area contributed by atoms with Crippen LogP contribution in [0.2, 0.25) is 0 Å². The van der Waals surface area contributed by atoms with Crippen molar-refractivity contribution in [3.05, 3.63) is 29.3 Å². The zero-order chi connectivity index (χ0) is 10.6. The Morgan fingerprint density at radius 1 is 1.36 bits per heavy atom. The maximum absolute atomic E-state index is 9.39. The van der Waals surface area contributed by atoms with Crippen molar-refractivity contribution < 1.29 is 5.11 Å². The van der Waals surface area contributed by atoms with Crippen LogP contribution in [0.15, 0.2) is 18.2 Å². The number of hydrogen-bond acceptors (Lipinski definition) is 2. The van der Waals surface area contributed by atoms with Crippen LogP contribution in [-0.2, 0) is 6.42 Å². The second-order valence-corrected chi connectivity index (χ2v) is 3.63. The van der Waals surface area contributed by atoms with Gasteiger partial charge >= 0.3 is 0 Å². The van der Waals surface area contributed by atoms with E-state index < -0.39 is 0 Å². The Morgan fingerprint density at radius 2 is 2.07 bits per heavy atom. The molecule has 2 nitrogen and oxygen atoms in total. The number of aromatic hydroxyl groups is 1. The fourth-order valence-corrected chi connectivity index (χ4v) is 1.72. The Morgan fingerprint density at radius 3 is 2.64 bits per heavy atom. The topological polar surface area (TPSA) is 46.2 Å². The van der Waals surface area contributed by atoms with E-state index in [0.717, 1.165) is 24.8 Å². The third kappa shape index (κ3) is 2.48. The number of aryl methyl sites for hydroxylation is 1. The van der Waals surface area contributed by atoms with Crippen LogP contribution in [-0.4, -0.2) is 5.11 Å². The minimum atomic E-state index is 0.0575. The molecule has 0 heterocycles. The van der Waals surface area contributed by atoms with Crippen molar-refractivity contribution in [1.82, 2.24) is 0 Å². The molecule has 1 rings (SSSR count). The van der Waals surface area contributed by atoms with Gasteiger partial charge in [0.05, 0.1) is 0 Å². The Balaban J connectivity index is 2.97. The predicted molar refractivity (Wildman–Crippen MR) is 59.3 cm³/mol. The molecule has 1 atom stereocenters. The highest BCUT2D eigenvalue weighted by atomic mass is 16.3. The van der Waals surface area contributed by atoms with E-state index in [9.17, 15) is 5.11 Å². The van der Waals surface area contributed by atoms with Crippen LogP contribution >= 0.6 is 0 Å². The van der Waals surface area contributed by atoms with Gasteiger partial charge in [0, 0.05) is 6.04 Å². The summed E-state index contributed by atoms with van der Waals surface area (Å²) in [5, 5.41) is 9.39. The summed E-state index contributed by atoms with van der Waals surface area (Å²) in [6.07, 6.45) is 3.00. The van der Waals surface area contributed by atoms with E-state index in [1.54, 1.807) is 12.1 Å². The number of rotatable bonds is 4. The monoisotopic (exact) mass is 193 g/mol. The quantitative estimate of drug-likeness (QED) is 0.772. The highest BCUT2D eigenvalue weighted by Crippen LogP contribution is 2.24. The van der Waals surface area contributed by atoms with Gasteiger partial charge in [-0.25, -0.2) is 0 Å². The molecule has 1 aromatic rings. The molecule has 78 valence electrons. The van der Waals surface area contributed by atoms with Crippen molar-refractivity contribution in [2.45, 2.75) is 39.2 Å². The van der Waals surface area contributed by atoms with E-state index in [1.807, 2.05) is 6.07 Å². The Hall–Kier alpha value is -1.02. The van der Waals surface area contributed by atoms with Crippen LogP contribution in [0.25, 0.3) is 0 Å². The lowest BCUT2D eigenvalue weighted by atomic mass is 9.96. The molecule has 2 heteroatoms. The highest BCUT2D eigenvalue weighted by molar-refractivity contribution is 5.36. The Labute approximate surface area is 85.8 Å². The molecule has 0 aliphatic heterocycles. The molecule has 0 unspecified atom stereocenters. The van der Waals surface area contributed by atoms with Gasteiger partial charge in [-0.1, -0.05) is 26.3 Å². The van der Waals surface area contributed by atoms with Gasteiger partial charge < -0.3 is 10.8 Å². The van der Waals surface area contributed by atoms with Gasteiger partial charge in [0.1, 0.15) is 5.75 Å². The molecule has 14 heavy (non-hydrogen) atoms. The van der Waals surface area contributed by atoms with Crippen LogP contribution in [0, 0.1) is 0 Å². The van der Waals surface area contributed by atoms with Crippen LogP contribution < -0.4 is 5.73 Å². The van der Waals surface area contributed by atoms with E-state index >= 15 is 0 Å². The first-order valence-electron chi connectivity index (χ1n) is 5.26. The third-order valence-corrected chi connectivity index (χ3v) is 2.51. The lowest BCUT2D eigenvalue weighted by Gasteiger charge is -2.15. The summed E-state index contributed by atoms with van der Waals surface area (Å²) in [7, 11) is 0. The molecule has 0 aliphatic carbocycles. The van der Waals surface area contributed by atoms with Crippen molar-refractivity contribution in [2.24, 2.45) is 5.73 Å². The van der Waals surface area contributed by atoms with E-state index in [1.165, 1.54) is 5.56 Å². The molecule has 3 N–H and O–H groups in total. The van der Waals surface area contributed by atoms with Gasteiger partial charge in [-0.15, -0.1) is 0 Å². The lowest BCUT2D eigenvalue weighted by molar-refractivity contribution is 0.472. The third-order valence-electron chi connectivity index (χ3n) is 2.51. The number of phenols is 1. The number of nitrogens with two attached hydrogens (primary N) is 1. The zero-order valence-electron chi connectivity index (χ0n) is 8.96. The van der Waals surface area contributed by atoms with Gasteiger partial charge in [-0.2, -0.15) is 0 Å². The highest BCUT2D eigenvalue weighted by Gasteiger charge is 2.09. The fraction of sp³-hybridized carbons (Fsp3) is 0.500. The number of hydrogen-bond donors (Lipinski definition) is 2. The van der Waals surface area contributed by atoms with Crippen molar-refractivity contribution in [1.29, 1.82) is 0 Å². The Kier molecular flexibility index (Phi) is 3.96. The molecule has 0 radical (unpaired) electrons. The molecule has 0 aliphatic rings. The first-order valence-corrected chi connectivity index (χ1v) is 5.26. The van der Waals surface area contributed by atoms with Gasteiger partial charge in [0.25, 0.3) is 0 Å². The molecule has 1 aromatic carbocycles. The molecule has 0 amide bonds. The summed E-state index contributed by atoms with van der Waals surface area (Å²) in [6.45, 7) is 4.23. The van der Waals surface area contributed by atoms with Crippen molar-refractivity contribution >= 4 is 0 Å². The second-order valence-electron chi connectivity index (χ2n) is 3.63. The van der Waals surface area contributed by atoms with Crippen molar-refractivity contribution in [2.75, 3.05) is 0 Å². The van der Waals surface area contributed by atoms with Gasteiger partial charge in [-0.05, 0) is 36.1 Å². The smallest absolute Gasteiger partial charge is 0.115 e. The standard InChI is InChI=1S/C12H19NO/c1-3-5-12(13)11-8-10(14)7-6-9(11)4-2/h6-8,12,14H,3-5,13H2,1-2H3/t12-/m1/s1. The van der Waals surface area contributed by atoms with Gasteiger partial charge in [0.15, 0.2) is 0 Å². The number of benzene rings is 1. The summed E-state index contributed by atoms with van der Waals surface area (Å²) >= 11 is 0. The predicted octanol–water partition coefficient (Wildman–Crippen LogP) is 2.75. The van der Waals surface area contributed by atoms with Crippen LogP contribution in [0.4, 0.5) is 0 Å². The lowest BCUT2D eigenvalue weighted by Crippen LogP contribution is -2.11. The summed E-state index contributed by atoms with van der Waals surface area (Å²) in [5.74, 6) is 0.309. The fourth-order valence-electron chi connectivity index (χ4n) is 1.72. The minimum absolute atomic E-state index is 0.0575. The minimum Gasteiger partial charge on any atom is -0.508 e. The van der Waals surface area contributed by atoms with E-state index in [4.69, 9.17) is 5.73 Å². The maximum atomic E-state index is 9.39. The number of phenolic OH excluding ortho intramolecular Hbond substituents is 1. The molecule has 0 saturated heterocycles. The van der Waals surface area contributed by atoms with E-state index in [-0.39, 0.29) is 6.04 Å². The molecule has 0 saturated carbocycles. The molecule has 0 fully saturated rings. The Bertz CT molecular complexity index is 296. The summed E-state index contributed by atoms with van der Waals surface area (Å²) in [4.78, 5) is 0. The zero-order valence-corrected chi connectivity index (χ0v) is 8.96. The summed E-state index contributed by atoms with van der Waals surface area (Å²) < 4.78 is 0. The first kappa shape index (κ1) is 11.1. The normalized spacial score (nSPS) is 12.8. The van der Waals surface area contributed by atoms with Crippen LogP contribution in [0.1, 0.15) is 43.9 Å². The average Bonchev–Trinajstić information content (AvgIpc) is 2.18. The maximum Gasteiger partial charge on any atom is 0.115 e. The van der Waals surface area contributed by atoms with Crippen molar-refractivity contribution in [3.63, 3.8) is 0 Å². The van der Waals surface area contributed by atoms with E-state index in [2.05, 4.69) is 13.8 Å². The van der Waals surface area contributed by atoms with Crippen LogP contribution in [0.3, 0.4) is 0 Å². The molecular weight excluding hydrogens is 174 g/mol. The van der Waals surface area contributed by atoms with Gasteiger partial charge in [-0.3, -0.25) is 0 Å². The van der Waals surface area contributed by atoms with Gasteiger partial charge in [0.2, 0.25) is 0 Å². The first-order chi connectivity index (χ1) is 6.69. The summed E-state index contributed by atoms with van der Waals surface area (Å²) in [5.41, 5.74) is 8.37. The molecule has 0 spiro atoms. The largest absolute Gasteiger partial charge is 0.508 e. The SMILES string of the molecule is CCC[C@@H](N)c1cc(O)ccc1CC. The van der Waals surface area contributed by atoms with E-state index in [0.29, 0.717) is 5.75 Å². The average molecular weight is 193 g/mol. The van der Waals surface area contributed by atoms with Crippen molar-refractivity contribution in [3.8, 4) is 5.75 Å². The van der Waals surface area contributed by atoms with Crippen LogP contribution in [0.5, 0.6) is 5.75 Å². The second kappa shape index (κ2) is 5.01. The molecular formula is C12H19NO.